The highest BCUT2D eigenvalue weighted by Crippen LogP contribution is 1.99. The van der Waals surface area contributed by atoms with Crippen molar-refractivity contribution >= 4 is 5.97 Å². The number of nitrogens with zero attached hydrogens (tertiary/aromatic N) is 2. The van der Waals surface area contributed by atoms with Gasteiger partial charge in [0.15, 0.2) is 0 Å². The molecule has 0 bridgehead atoms. The average Bonchev–Trinajstić information content (AvgIpc) is 2.55. The maximum Gasteiger partial charge on any atom is 0.306 e. The van der Waals surface area contributed by atoms with Gasteiger partial charge in [-0.15, -0.1) is 0 Å². The van der Waals surface area contributed by atoms with Crippen molar-refractivity contribution in [3.05, 3.63) is 18.7 Å². The van der Waals surface area contributed by atoms with Crippen LogP contribution in [0.25, 0.3) is 0 Å². The lowest BCUT2D eigenvalue weighted by Gasteiger charge is -2.07. The SMILES string of the molecule is CC(C)OC(=O)CCCn1c[c]nc1. The Hall–Kier alpha value is -1.32. The summed E-state index contributed by atoms with van der Waals surface area (Å²) in [7, 11) is 0. The second-order valence-electron chi connectivity index (χ2n) is 3.38. The molecule has 0 aromatic carbocycles. The third-order valence-corrected chi connectivity index (χ3v) is 1.67. The highest BCUT2D eigenvalue weighted by Gasteiger charge is 2.04. The molecule has 0 unspecified atom stereocenters. The Morgan fingerprint density at radius 2 is 2.43 bits per heavy atom. The molecule has 1 rings (SSSR count). The van der Waals surface area contributed by atoms with Gasteiger partial charge in [0.2, 0.25) is 0 Å². The molecule has 0 saturated carbocycles. The molecule has 14 heavy (non-hydrogen) atoms. The van der Waals surface area contributed by atoms with E-state index in [-0.39, 0.29) is 12.1 Å². The number of esters is 1. The van der Waals surface area contributed by atoms with Gasteiger partial charge in [-0.1, -0.05) is 0 Å². The summed E-state index contributed by atoms with van der Waals surface area (Å²) < 4.78 is 6.89. The third kappa shape index (κ3) is 4.07. The van der Waals surface area contributed by atoms with Crippen LogP contribution in [0.4, 0.5) is 0 Å². The Morgan fingerprint density at radius 3 is 3.00 bits per heavy atom. The zero-order valence-electron chi connectivity index (χ0n) is 8.56. The predicted octanol–water partition coefficient (Wildman–Crippen LogP) is 1.42. The van der Waals surface area contributed by atoms with E-state index in [1.165, 1.54) is 0 Å². The number of aryl methyl sites for hydroxylation is 1. The first-order valence-corrected chi connectivity index (χ1v) is 4.76. The minimum absolute atomic E-state index is 0.0240. The minimum atomic E-state index is -0.135. The van der Waals surface area contributed by atoms with Gasteiger partial charge in [0.25, 0.3) is 0 Å². The minimum Gasteiger partial charge on any atom is -0.463 e. The fourth-order valence-electron chi connectivity index (χ4n) is 1.10. The van der Waals surface area contributed by atoms with Crippen molar-refractivity contribution in [2.45, 2.75) is 39.3 Å². The summed E-state index contributed by atoms with van der Waals surface area (Å²) in [5, 5.41) is 0. The number of hydrogen-bond acceptors (Lipinski definition) is 3. The summed E-state index contributed by atoms with van der Waals surface area (Å²) in [6.45, 7) is 4.48. The van der Waals surface area contributed by atoms with E-state index in [0.717, 1.165) is 13.0 Å². The fraction of sp³-hybridized carbons (Fsp3) is 0.600. The van der Waals surface area contributed by atoms with Gasteiger partial charge in [-0.2, -0.15) is 0 Å². The van der Waals surface area contributed by atoms with Crippen molar-refractivity contribution in [1.82, 2.24) is 9.55 Å². The van der Waals surface area contributed by atoms with Gasteiger partial charge >= 0.3 is 5.97 Å². The monoisotopic (exact) mass is 195 g/mol. The molecule has 0 aliphatic rings. The molecule has 0 N–H and O–H groups in total. The molecular formula is C10H15N2O2. The van der Waals surface area contributed by atoms with Crippen molar-refractivity contribution in [2.24, 2.45) is 0 Å². The summed E-state index contributed by atoms with van der Waals surface area (Å²) in [6.07, 6.45) is 7.35. The molecule has 0 fully saturated rings. The molecule has 1 heterocycles. The average molecular weight is 195 g/mol. The molecule has 0 aliphatic heterocycles. The predicted molar refractivity (Wildman–Crippen MR) is 51.5 cm³/mol. The van der Waals surface area contributed by atoms with Crippen LogP contribution in [0.1, 0.15) is 26.7 Å². The van der Waals surface area contributed by atoms with Crippen LogP contribution >= 0.6 is 0 Å². The van der Waals surface area contributed by atoms with Gasteiger partial charge in [0.1, 0.15) is 6.20 Å². The van der Waals surface area contributed by atoms with E-state index in [1.807, 2.05) is 18.4 Å². The number of aromatic nitrogens is 2. The summed E-state index contributed by atoms with van der Waals surface area (Å²) in [6, 6.07) is 0. The van der Waals surface area contributed by atoms with Crippen LogP contribution in [0.3, 0.4) is 0 Å². The standard InChI is InChI=1S/C10H15N2O2/c1-9(2)14-10(13)4-3-6-12-7-5-11-8-12/h7-9H,3-4,6H2,1-2H3. The zero-order chi connectivity index (χ0) is 10.4. The number of carbonyl (C=O) groups is 1. The van der Waals surface area contributed by atoms with E-state index in [2.05, 4.69) is 11.2 Å². The second kappa shape index (κ2) is 5.42. The van der Waals surface area contributed by atoms with Crippen molar-refractivity contribution in [2.75, 3.05) is 0 Å². The summed E-state index contributed by atoms with van der Waals surface area (Å²) in [5.41, 5.74) is 0. The van der Waals surface area contributed by atoms with Gasteiger partial charge in [-0.25, -0.2) is 4.98 Å². The van der Waals surface area contributed by atoms with Gasteiger partial charge in [-0.05, 0) is 20.3 Å². The van der Waals surface area contributed by atoms with E-state index in [1.54, 1.807) is 12.5 Å². The summed E-state index contributed by atoms with van der Waals surface area (Å²) in [4.78, 5) is 14.9. The van der Waals surface area contributed by atoms with Crippen LogP contribution in [0, 0.1) is 6.20 Å². The number of ether oxygens (including phenoxy) is 1. The Kier molecular flexibility index (Phi) is 4.16. The largest absolute Gasteiger partial charge is 0.463 e. The fourth-order valence-corrected chi connectivity index (χ4v) is 1.10. The van der Waals surface area contributed by atoms with E-state index >= 15 is 0 Å². The van der Waals surface area contributed by atoms with Crippen LogP contribution in [-0.4, -0.2) is 21.6 Å². The van der Waals surface area contributed by atoms with E-state index in [4.69, 9.17) is 4.74 Å². The summed E-state index contributed by atoms with van der Waals surface area (Å²) in [5.74, 6) is -0.135. The third-order valence-electron chi connectivity index (χ3n) is 1.67. The molecule has 1 radical (unpaired) electrons. The molecule has 0 saturated heterocycles. The Bertz CT molecular complexity index is 268. The lowest BCUT2D eigenvalue weighted by molar-refractivity contribution is -0.147. The molecule has 0 amide bonds. The molecule has 0 atom stereocenters. The highest BCUT2D eigenvalue weighted by molar-refractivity contribution is 5.69. The molecular weight excluding hydrogens is 180 g/mol. The number of carbonyl (C=O) groups excluding carboxylic acids is 1. The maximum atomic E-state index is 11.1. The van der Waals surface area contributed by atoms with Gasteiger partial charge in [0.05, 0.1) is 12.4 Å². The molecule has 0 aliphatic carbocycles. The van der Waals surface area contributed by atoms with Crippen LogP contribution in [0.5, 0.6) is 0 Å². The Morgan fingerprint density at radius 1 is 1.64 bits per heavy atom. The van der Waals surface area contributed by atoms with Gasteiger partial charge in [-0.3, -0.25) is 4.79 Å². The van der Waals surface area contributed by atoms with Crippen molar-refractivity contribution in [1.29, 1.82) is 0 Å². The lowest BCUT2D eigenvalue weighted by Crippen LogP contribution is -2.11. The first-order valence-electron chi connectivity index (χ1n) is 4.76. The smallest absolute Gasteiger partial charge is 0.306 e. The topological polar surface area (TPSA) is 44.1 Å². The second-order valence-corrected chi connectivity index (χ2v) is 3.38. The summed E-state index contributed by atoms with van der Waals surface area (Å²) >= 11 is 0. The molecule has 1 aromatic heterocycles. The van der Waals surface area contributed by atoms with Crippen LogP contribution in [0.15, 0.2) is 12.5 Å². The molecule has 1 aromatic rings. The number of hydrogen-bond donors (Lipinski definition) is 0. The molecule has 77 valence electrons. The first kappa shape index (κ1) is 10.8. The number of imidazole rings is 1. The first-order chi connectivity index (χ1) is 6.68. The molecule has 4 heteroatoms. The Balaban J connectivity index is 2.12. The molecule has 4 nitrogen and oxygen atoms in total. The Labute approximate surface area is 83.9 Å². The van der Waals surface area contributed by atoms with E-state index in [0.29, 0.717) is 6.42 Å². The van der Waals surface area contributed by atoms with Gasteiger partial charge < -0.3 is 9.30 Å². The highest BCUT2D eigenvalue weighted by atomic mass is 16.5. The quantitative estimate of drug-likeness (QED) is 0.667. The van der Waals surface area contributed by atoms with Crippen LogP contribution in [0.2, 0.25) is 0 Å². The van der Waals surface area contributed by atoms with Crippen molar-refractivity contribution in [3.8, 4) is 0 Å². The van der Waals surface area contributed by atoms with E-state index in [9.17, 15) is 4.79 Å². The van der Waals surface area contributed by atoms with Crippen molar-refractivity contribution < 1.29 is 9.53 Å². The number of rotatable bonds is 5. The zero-order valence-corrected chi connectivity index (χ0v) is 8.56. The van der Waals surface area contributed by atoms with Crippen molar-refractivity contribution in [3.63, 3.8) is 0 Å². The molecule has 0 spiro atoms. The maximum absolute atomic E-state index is 11.1. The van der Waals surface area contributed by atoms with Crippen LogP contribution in [-0.2, 0) is 16.1 Å². The van der Waals surface area contributed by atoms with E-state index < -0.39 is 0 Å². The normalized spacial score (nSPS) is 10.5. The lowest BCUT2D eigenvalue weighted by atomic mass is 10.3. The van der Waals surface area contributed by atoms with Gasteiger partial charge in [0, 0.05) is 19.2 Å². The van der Waals surface area contributed by atoms with Crippen LogP contribution < -0.4 is 0 Å².